The highest BCUT2D eigenvalue weighted by molar-refractivity contribution is 6.30. The Morgan fingerprint density at radius 2 is 1.83 bits per heavy atom. The first-order valence-corrected chi connectivity index (χ1v) is 7.45. The van der Waals surface area contributed by atoms with Crippen molar-refractivity contribution in [1.82, 2.24) is 0 Å². The Labute approximate surface area is 139 Å². The number of hydrogen-bond donors (Lipinski definition) is 2. The molecule has 0 aliphatic rings. The molecule has 6 heteroatoms. The van der Waals surface area contributed by atoms with Crippen LogP contribution in [-0.4, -0.2) is 37.4 Å². The molecule has 0 saturated heterocycles. The van der Waals surface area contributed by atoms with Crippen molar-refractivity contribution in [1.29, 1.82) is 0 Å². The Bertz CT molecular complexity index is 628. The fourth-order valence-corrected chi connectivity index (χ4v) is 1.99. The first-order chi connectivity index (χ1) is 11.1. The number of ether oxygens (including phenoxy) is 2. The van der Waals surface area contributed by atoms with Crippen LogP contribution in [0.3, 0.4) is 0 Å². The summed E-state index contributed by atoms with van der Waals surface area (Å²) in [7, 11) is 1.33. The summed E-state index contributed by atoms with van der Waals surface area (Å²) in [5.41, 5.74) is 1.32. The fraction of sp³-hybridized carbons (Fsp3) is 0.235. The van der Waals surface area contributed by atoms with Gasteiger partial charge in [0.2, 0.25) is 0 Å². The summed E-state index contributed by atoms with van der Waals surface area (Å²) in [4.78, 5) is 11.3. The van der Waals surface area contributed by atoms with Crippen molar-refractivity contribution in [3.8, 4) is 5.75 Å². The second kappa shape index (κ2) is 8.41. The van der Waals surface area contributed by atoms with Gasteiger partial charge in [0.1, 0.15) is 18.5 Å². The van der Waals surface area contributed by atoms with E-state index >= 15 is 0 Å². The number of carbonyl (C=O) groups is 1. The van der Waals surface area contributed by atoms with Crippen LogP contribution in [0, 0.1) is 0 Å². The Balaban J connectivity index is 1.76. The van der Waals surface area contributed by atoms with Crippen molar-refractivity contribution in [2.75, 3.05) is 25.6 Å². The van der Waals surface area contributed by atoms with Crippen LogP contribution in [0.1, 0.15) is 10.4 Å². The molecule has 0 aliphatic heterocycles. The van der Waals surface area contributed by atoms with Crippen molar-refractivity contribution in [3.63, 3.8) is 0 Å². The maximum atomic E-state index is 11.3. The summed E-state index contributed by atoms with van der Waals surface area (Å²) in [6.07, 6.45) is -0.675. The first-order valence-electron chi connectivity index (χ1n) is 7.07. The van der Waals surface area contributed by atoms with Gasteiger partial charge in [-0.3, -0.25) is 0 Å². The predicted molar refractivity (Wildman–Crippen MR) is 89.2 cm³/mol. The number of esters is 1. The van der Waals surface area contributed by atoms with Gasteiger partial charge < -0.3 is 19.9 Å². The zero-order chi connectivity index (χ0) is 16.7. The van der Waals surface area contributed by atoms with Gasteiger partial charge in [-0.25, -0.2) is 4.79 Å². The predicted octanol–water partition coefficient (Wildman–Crippen LogP) is 2.98. The maximum absolute atomic E-state index is 11.3. The third-order valence-electron chi connectivity index (χ3n) is 3.10. The van der Waals surface area contributed by atoms with E-state index in [4.69, 9.17) is 16.3 Å². The molecular weight excluding hydrogens is 318 g/mol. The number of halogens is 1. The number of carbonyl (C=O) groups excluding carboxylic acids is 1. The zero-order valence-electron chi connectivity index (χ0n) is 12.7. The topological polar surface area (TPSA) is 67.8 Å². The Hall–Kier alpha value is -2.24. The molecular formula is C17H18ClNO4. The molecule has 1 unspecified atom stereocenters. The van der Waals surface area contributed by atoms with Gasteiger partial charge in [-0.2, -0.15) is 0 Å². The SMILES string of the molecule is COC(=O)c1ccc(OCC(O)CNc2ccc(Cl)cc2)cc1. The molecule has 0 amide bonds. The molecule has 0 saturated carbocycles. The molecule has 0 heterocycles. The molecule has 2 aromatic rings. The van der Waals surface area contributed by atoms with Gasteiger partial charge in [-0.15, -0.1) is 0 Å². The van der Waals surface area contributed by atoms with Crippen molar-refractivity contribution < 1.29 is 19.4 Å². The molecule has 1 atom stereocenters. The van der Waals surface area contributed by atoms with E-state index in [2.05, 4.69) is 10.1 Å². The summed E-state index contributed by atoms with van der Waals surface area (Å²) in [6, 6.07) is 13.8. The molecule has 0 aliphatic carbocycles. The van der Waals surface area contributed by atoms with E-state index in [1.165, 1.54) is 7.11 Å². The second-order valence-corrected chi connectivity index (χ2v) is 5.31. The van der Waals surface area contributed by atoms with E-state index in [9.17, 15) is 9.90 Å². The monoisotopic (exact) mass is 335 g/mol. The molecule has 2 N–H and O–H groups in total. The number of hydrogen-bond acceptors (Lipinski definition) is 5. The van der Waals surface area contributed by atoms with Crippen molar-refractivity contribution in [2.45, 2.75) is 6.10 Å². The van der Waals surface area contributed by atoms with Crippen molar-refractivity contribution >= 4 is 23.3 Å². The molecule has 0 spiro atoms. The van der Waals surface area contributed by atoms with Crippen molar-refractivity contribution in [2.24, 2.45) is 0 Å². The minimum Gasteiger partial charge on any atom is -0.491 e. The molecule has 0 fully saturated rings. The highest BCUT2D eigenvalue weighted by atomic mass is 35.5. The molecule has 2 rings (SSSR count). The summed E-state index contributed by atoms with van der Waals surface area (Å²) >= 11 is 5.81. The normalized spacial score (nSPS) is 11.6. The van der Waals surface area contributed by atoms with Crippen LogP contribution in [0.25, 0.3) is 0 Å². The maximum Gasteiger partial charge on any atom is 0.337 e. The lowest BCUT2D eigenvalue weighted by atomic mass is 10.2. The van der Waals surface area contributed by atoms with Crippen LogP contribution in [0.15, 0.2) is 48.5 Å². The van der Waals surface area contributed by atoms with Crippen LogP contribution >= 0.6 is 11.6 Å². The molecule has 23 heavy (non-hydrogen) atoms. The zero-order valence-corrected chi connectivity index (χ0v) is 13.4. The van der Waals surface area contributed by atoms with E-state index in [0.29, 0.717) is 22.9 Å². The summed E-state index contributed by atoms with van der Waals surface area (Å²) in [6.45, 7) is 0.486. The number of aliphatic hydroxyl groups excluding tert-OH is 1. The molecule has 0 radical (unpaired) electrons. The number of aliphatic hydroxyl groups is 1. The average molecular weight is 336 g/mol. The minimum atomic E-state index is -0.675. The third-order valence-corrected chi connectivity index (χ3v) is 3.36. The number of anilines is 1. The Morgan fingerprint density at radius 3 is 2.43 bits per heavy atom. The Morgan fingerprint density at radius 1 is 1.17 bits per heavy atom. The minimum absolute atomic E-state index is 0.137. The molecule has 0 bridgehead atoms. The highest BCUT2D eigenvalue weighted by Gasteiger charge is 2.07. The Kier molecular flexibility index (Phi) is 6.26. The molecule has 122 valence electrons. The van der Waals surface area contributed by atoms with Gasteiger partial charge in [-0.1, -0.05) is 11.6 Å². The van der Waals surface area contributed by atoms with Crippen LogP contribution in [0.4, 0.5) is 5.69 Å². The van der Waals surface area contributed by atoms with Crippen molar-refractivity contribution in [3.05, 3.63) is 59.1 Å². The fourth-order valence-electron chi connectivity index (χ4n) is 1.86. The van der Waals surface area contributed by atoms with Gasteiger partial charge in [-0.05, 0) is 48.5 Å². The molecule has 0 aromatic heterocycles. The quantitative estimate of drug-likeness (QED) is 0.761. The summed E-state index contributed by atoms with van der Waals surface area (Å²) < 4.78 is 10.1. The largest absolute Gasteiger partial charge is 0.491 e. The van der Waals surface area contributed by atoms with Gasteiger partial charge in [0.05, 0.1) is 12.7 Å². The lowest BCUT2D eigenvalue weighted by Crippen LogP contribution is -2.26. The summed E-state index contributed by atoms with van der Waals surface area (Å²) in [5.74, 6) is 0.173. The average Bonchev–Trinajstić information content (AvgIpc) is 2.59. The third kappa shape index (κ3) is 5.47. The van der Waals surface area contributed by atoms with Gasteiger partial charge in [0, 0.05) is 17.3 Å². The molecule has 2 aromatic carbocycles. The number of benzene rings is 2. The second-order valence-electron chi connectivity index (χ2n) is 4.87. The standard InChI is InChI=1S/C17H18ClNO4/c1-22-17(21)12-2-8-16(9-3-12)23-11-15(20)10-19-14-6-4-13(18)5-7-14/h2-9,15,19-20H,10-11H2,1H3. The van der Waals surface area contributed by atoms with Crippen LogP contribution in [0.5, 0.6) is 5.75 Å². The van der Waals surface area contributed by atoms with Crippen LogP contribution in [0.2, 0.25) is 5.02 Å². The lowest BCUT2D eigenvalue weighted by molar-refractivity contribution is 0.0600. The van der Waals surface area contributed by atoms with Gasteiger partial charge in [0.15, 0.2) is 0 Å². The number of methoxy groups -OCH3 is 1. The van der Waals surface area contributed by atoms with Gasteiger partial charge >= 0.3 is 5.97 Å². The molecule has 5 nitrogen and oxygen atoms in total. The van der Waals surface area contributed by atoms with E-state index in [1.54, 1.807) is 36.4 Å². The highest BCUT2D eigenvalue weighted by Crippen LogP contribution is 2.14. The van der Waals surface area contributed by atoms with E-state index < -0.39 is 12.1 Å². The lowest BCUT2D eigenvalue weighted by Gasteiger charge is -2.14. The smallest absolute Gasteiger partial charge is 0.337 e. The van der Waals surface area contributed by atoms with Crippen LogP contribution in [-0.2, 0) is 4.74 Å². The number of rotatable bonds is 7. The van der Waals surface area contributed by atoms with Crippen LogP contribution < -0.4 is 10.1 Å². The van der Waals surface area contributed by atoms with E-state index in [1.807, 2.05) is 12.1 Å². The summed E-state index contributed by atoms with van der Waals surface area (Å²) in [5, 5.41) is 13.7. The van der Waals surface area contributed by atoms with Gasteiger partial charge in [0.25, 0.3) is 0 Å². The van der Waals surface area contributed by atoms with E-state index in [-0.39, 0.29) is 6.61 Å². The first kappa shape index (κ1) is 17.1. The number of nitrogens with one attached hydrogen (secondary N) is 1. The van der Waals surface area contributed by atoms with E-state index in [0.717, 1.165) is 5.69 Å².